The molecule has 22 heavy (non-hydrogen) atoms. The van der Waals surface area contributed by atoms with Gasteiger partial charge in [0.1, 0.15) is 5.69 Å². The summed E-state index contributed by atoms with van der Waals surface area (Å²) in [6.07, 6.45) is 0. The van der Waals surface area contributed by atoms with Crippen LogP contribution >= 0.6 is 0 Å². The summed E-state index contributed by atoms with van der Waals surface area (Å²) in [6, 6.07) is 18.6. The topological polar surface area (TPSA) is 55.5 Å². The highest BCUT2D eigenvalue weighted by molar-refractivity contribution is 6.14. The van der Waals surface area contributed by atoms with E-state index in [1.807, 2.05) is 36.4 Å². The monoisotopic (exact) mass is 286 g/mol. The first kappa shape index (κ1) is 12.7. The van der Waals surface area contributed by atoms with Gasteiger partial charge in [-0.25, -0.2) is 4.98 Å². The zero-order chi connectivity index (χ0) is 15.1. The number of fused-ring (bicyclic) bond motifs is 2. The molecule has 4 rings (SSSR count). The van der Waals surface area contributed by atoms with Crippen LogP contribution in [0.15, 0.2) is 60.7 Å². The molecule has 0 atom stereocenters. The van der Waals surface area contributed by atoms with Crippen molar-refractivity contribution in [2.45, 2.75) is 6.54 Å². The van der Waals surface area contributed by atoms with E-state index in [1.54, 1.807) is 24.3 Å². The molecule has 0 spiro atoms. The van der Waals surface area contributed by atoms with Gasteiger partial charge in [-0.2, -0.15) is 0 Å². The first-order valence-corrected chi connectivity index (χ1v) is 7.06. The maximum atomic E-state index is 12.5. The van der Waals surface area contributed by atoms with Crippen molar-refractivity contribution in [2.75, 3.05) is 0 Å². The van der Waals surface area contributed by atoms with Crippen LogP contribution in [0.25, 0.3) is 10.9 Å². The van der Waals surface area contributed by atoms with Crippen LogP contribution in [-0.2, 0) is 6.54 Å². The Morgan fingerprint density at radius 3 is 2.59 bits per heavy atom. The molecule has 1 amide bonds. The fourth-order valence-electron chi connectivity index (χ4n) is 2.75. The second kappa shape index (κ2) is 4.77. The molecule has 1 aliphatic heterocycles. The van der Waals surface area contributed by atoms with Crippen molar-refractivity contribution < 1.29 is 4.79 Å². The Hall–Kier alpha value is -3.01. The van der Waals surface area contributed by atoms with E-state index in [0.717, 1.165) is 16.5 Å². The van der Waals surface area contributed by atoms with Crippen LogP contribution in [-0.4, -0.2) is 21.6 Å². The van der Waals surface area contributed by atoms with E-state index < -0.39 is 0 Å². The van der Waals surface area contributed by atoms with Gasteiger partial charge in [0.15, 0.2) is 5.84 Å². The molecule has 105 valence electrons. The number of nitrogens with zero attached hydrogens (tertiary/aromatic N) is 3. The molecule has 0 aliphatic carbocycles. The van der Waals surface area contributed by atoms with E-state index in [2.05, 4.69) is 4.98 Å². The number of rotatable bonds is 1. The molecule has 0 bridgehead atoms. The fourth-order valence-corrected chi connectivity index (χ4v) is 2.75. The number of hydrogen-bond donors (Lipinski definition) is 0. The minimum absolute atomic E-state index is 0.0744. The van der Waals surface area contributed by atoms with Crippen molar-refractivity contribution >= 4 is 22.6 Å². The second-order valence-corrected chi connectivity index (χ2v) is 5.27. The lowest BCUT2D eigenvalue weighted by Crippen LogP contribution is -2.32. The van der Waals surface area contributed by atoms with Crippen molar-refractivity contribution in [3.05, 3.63) is 77.5 Å². The summed E-state index contributed by atoms with van der Waals surface area (Å²) < 4.78 is 0. The molecule has 4 nitrogen and oxygen atoms in total. The van der Waals surface area contributed by atoms with Crippen LogP contribution in [0.4, 0.5) is 0 Å². The SMILES string of the molecule is [N]=C1c2nc3ccccc3cc2CN1C(=O)c1ccccc1. The van der Waals surface area contributed by atoms with Gasteiger partial charge < -0.3 is 0 Å². The summed E-state index contributed by atoms with van der Waals surface area (Å²) >= 11 is 0. The second-order valence-electron chi connectivity index (χ2n) is 5.27. The third kappa shape index (κ3) is 1.89. The third-order valence-corrected chi connectivity index (χ3v) is 3.86. The van der Waals surface area contributed by atoms with Gasteiger partial charge in [0.2, 0.25) is 0 Å². The number of aromatic nitrogens is 1. The first-order valence-electron chi connectivity index (χ1n) is 7.06. The Morgan fingerprint density at radius 2 is 1.77 bits per heavy atom. The molecule has 3 aromatic rings. The van der Waals surface area contributed by atoms with E-state index in [-0.39, 0.29) is 11.7 Å². The van der Waals surface area contributed by atoms with E-state index in [1.165, 1.54) is 4.90 Å². The summed E-state index contributed by atoms with van der Waals surface area (Å²) in [6.45, 7) is 0.340. The Bertz CT molecular complexity index is 903. The van der Waals surface area contributed by atoms with Gasteiger partial charge in [-0.15, -0.1) is 5.41 Å². The number of benzene rings is 2. The number of pyridine rings is 1. The molecule has 0 unspecified atom stereocenters. The lowest BCUT2D eigenvalue weighted by atomic mass is 10.1. The molecule has 2 heterocycles. The van der Waals surface area contributed by atoms with Gasteiger partial charge >= 0.3 is 0 Å². The maximum Gasteiger partial charge on any atom is 0.259 e. The Labute approximate surface area is 127 Å². The molecule has 0 saturated carbocycles. The van der Waals surface area contributed by atoms with Crippen LogP contribution in [0, 0.1) is 0 Å². The van der Waals surface area contributed by atoms with E-state index in [0.29, 0.717) is 17.8 Å². The summed E-state index contributed by atoms with van der Waals surface area (Å²) in [5.41, 5.74) is 2.71. The van der Waals surface area contributed by atoms with Crippen LogP contribution in [0.1, 0.15) is 21.6 Å². The number of amides is 1. The smallest absolute Gasteiger partial charge is 0.259 e. The van der Waals surface area contributed by atoms with Crippen molar-refractivity contribution in [3.63, 3.8) is 0 Å². The lowest BCUT2D eigenvalue weighted by Gasteiger charge is -2.14. The number of amidine groups is 1. The quantitative estimate of drug-likeness (QED) is 0.690. The van der Waals surface area contributed by atoms with Gasteiger partial charge in [-0.3, -0.25) is 9.69 Å². The standard InChI is InChI=1S/C18H12N3O/c19-17-16-14(10-13-8-4-5-9-15(13)20-16)11-21(17)18(22)12-6-2-1-3-7-12/h1-10H,11H2. The average molecular weight is 286 g/mol. The van der Waals surface area contributed by atoms with Crippen molar-refractivity contribution in [1.29, 1.82) is 0 Å². The fraction of sp³-hybridized carbons (Fsp3) is 0.0556. The molecule has 2 aromatic carbocycles. The number of carbonyl (C=O) groups excluding carboxylic acids is 1. The summed E-state index contributed by atoms with van der Waals surface area (Å²) in [7, 11) is 0. The number of carbonyl (C=O) groups is 1. The Morgan fingerprint density at radius 1 is 1.05 bits per heavy atom. The Kier molecular flexibility index (Phi) is 2.76. The van der Waals surface area contributed by atoms with Crippen LogP contribution in [0.2, 0.25) is 0 Å². The third-order valence-electron chi connectivity index (χ3n) is 3.86. The highest BCUT2D eigenvalue weighted by Gasteiger charge is 2.32. The highest BCUT2D eigenvalue weighted by atomic mass is 16.2. The maximum absolute atomic E-state index is 12.5. The first-order chi connectivity index (χ1) is 10.7. The van der Waals surface area contributed by atoms with Gasteiger partial charge in [0.25, 0.3) is 5.91 Å². The average Bonchev–Trinajstić information content (AvgIpc) is 2.89. The number of hydrogen-bond acceptors (Lipinski definition) is 2. The highest BCUT2D eigenvalue weighted by Crippen LogP contribution is 2.25. The summed E-state index contributed by atoms with van der Waals surface area (Å²) in [5.74, 6) is -0.297. The zero-order valence-electron chi connectivity index (χ0n) is 11.7. The number of para-hydroxylation sites is 1. The molecule has 4 heteroatoms. The largest absolute Gasteiger partial charge is 0.285 e. The molecule has 0 N–H and O–H groups in total. The molecular formula is C18H12N3O. The molecular weight excluding hydrogens is 274 g/mol. The predicted molar refractivity (Wildman–Crippen MR) is 84.3 cm³/mol. The molecule has 1 radical (unpaired) electrons. The van der Waals surface area contributed by atoms with Crippen molar-refractivity contribution in [3.8, 4) is 0 Å². The van der Waals surface area contributed by atoms with Gasteiger partial charge in [0.05, 0.1) is 12.1 Å². The Balaban J connectivity index is 1.75. The minimum Gasteiger partial charge on any atom is -0.285 e. The van der Waals surface area contributed by atoms with Gasteiger partial charge in [-0.05, 0) is 24.3 Å². The van der Waals surface area contributed by atoms with E-state index in [9.17, 15) is 10.2 Å². The lowest BCUT2D eigenvalue weighted by molar-refractivity contribution is 0.0846. The molecule has 0 saturated heterocycles. The van der Waals surface area contributed by atoms with E-state index in [4.69, 9.17) is 0 Å². The normalized spacial score (nSPS) is 13.5. The molecule has 0 fully saturated rings. The summed E-state index contributed by atoms with van der Waals surface area (Å²) in [4.78, 5) is 18.4. The van der Waals surface area contributed by atoms with Gasteiger partial charge in [-0.1, -0.05) is 36.4 Å². The zero-order valence-corrected chi connectivity index (χ0v) is 11.7. The minimum atomic E-state index is -0.222. The van der Waals surface area contributed by atoms with Crippen LogP contribution in [0.5, 0.6) is 0 Å². The van der Waals surface area contributed by atoms with E-state index >= 15 is 0 Å². The molecule has 1 aromatic heterocycles. The van der Waals surface area contributed by atoms with Crippen LogP contribution in [0.3, 0.4) is 0 Å². The van der Waals surface area contributed by atoms with Crippen molar-refractivity contribution in [1.82, 2.24) is 15.3 Å². The van der Waals surface area contributed by atoms with Gasteiger partial charge in [0, 0.05) is 16.5 Å². The predicted octanol–water partition coefficient (Wildman–Crippen LogP) is 2.44. The molecule has 1 aliphatic rings. The van der Waals surface area contributed by atoms with Crippen molar-refractivity contribution in [2.24, 2.45) is 0 Å². The van der Waals surface area contributed by atoms with Crippen LogP contribution < -0.4 is 5.41 Å². The summed E-state index contributed by atoms with van der Waals surface area (Å²) in [5, 5.41) is 11.4.